The van der Waals surface area contributed by atoms with E-state index in [1.165, 1.54) is 0 Å². The number of nitrogens with zero attached hydrogens (tertiary/aromatic N) is 2. The van der Waals surface area contributed by atoms with Crippen LogP contribution in [0.1, 0.15) is 22.0 Å². The predicted octanol–water partition coefficient (Wildman–Crippen LogP) is 2.55. The van der Waals surface area contributed by atoms with Gasteiger partial charge in [-0.05, 0) is 36.9 Å². The molecule has 1 saturated heterocycles. The molecular weight excluding hydrogens is 320 g/mol. The first-order valence-corrected chi connectivity index (χ1v) is 9.60. The molecule has 0 saturated carbocycles. The summed E-state index contributed by atoms with van der Waals surface area (Å²) >= 11 is 0. The smallest absolute Gasteiger partial charge is 0.254 e. The van der Waals surface area contributed by atoms with E-state index >= 15 is 0 Å². The number of carbonyl (C=O) groups excluding carboxylic acids is 1. The molecule has 0 radical (unpaired) electrons. The maximum absolute atomic E-state index is 13.0. The molecule has 5 heteroatoms. The quantitative estimate of drug-likeness (QED) is 0.861. The minimum Gasteiger partial charge on any atom is -0.329 e. The first-order valence-electron chi connectivity index (χ1n) is 8.04. The Hall–Kier alpha value is -1.98. The topological polar surface area (TPSA) is 40.6 Å². The Morgan fingerprint density at radius 1 is 1.04 bits per heavy atom. The molecule has 2 aromatic carbocycles. The monoisotopic (exact) mass is 342 g/mol. The van der Waals surface area contributed by atoms with E-state index in [0.717, 1.165) is 23.5 Å². The summed E-state index contributed by atoms with van der Waals surface area (Å²) in [5.41, 5.74) is 1.80. The van der Waals surface area contributed by atoms with E-state index in [0.29, 0.717) is 12.1 Å². The number of carbonyl (C=O) groups is 1. The van der Waals surface area contributed by atoms with Gasteiger partial charge in [0.15, 0.2) is 0 Å². The van der Waals surface area contributed by atoms with Crippen molar-refractivity contribution in [3.8, 4) is 0 Å². The zero-order chi connectivity index (χ0) is 17.1. The summed E-state index contributed by atoms with van der Waals surface area (Å²) in [6.45, 7) is 2.40. The van der Waals surface area contributed by atoms with Crippen LogP contribution in [-0.4, -0.2) is 52.9 Å². The van der Waals surface area contributed by atoms with Gasteiger partial charge in [-0.3, -0.25) is 9.00 Å². The van der Waals surface area contributed by atoms with Crippen molar-refractivity contribution in [3.63, 3.8) is 0 Å². The Labute approximate surface area is 145 Å². The van der Waals surface area contributed by atoms with Crippen LogP contribution in [0.4, 0.5) is 0 Å². The molecule has 1 amide bonds. The SMILES string of the molecule is CN1CCN(C(=O)c2ccc(S(C)=O)cc2)C(c2ccccc2)C1. The van der Waals surface area contributed by atoms with Crippen LogP contribution in [0.25, 0.3) is 0 Å². The molecule has 2 aromatic rings. The minimum atomic E-state index is -1.03. The molecule has 4 nitrogen and oxygen atoms in total. The zero-order valence-electron chi connectivity index (χ0n) is 14.0. The second-order valence-electron chi connectivity index (χ2n) is 6.17. The molecule has 1 heterocycles. The van der Waals surface area contributed by atoms with Gasteiger partial charge in [-0.2, -0.15) is 0 Å². The second kappa shape index (κ2) is 7.28. The highest BCUT2D eigenvalue weighted by Gasteiger charge is 2.30. The number of likely N-dealkylation sites (N-methyl/N-ethyl adjacent to an activating group) is 1. The summed E-state index contributed by atoms with van der Waals surface area (Å²) in [4.78, 5) is 17.9. The Morgan fingerprint density at radius 3 is 2.33 bits per heavy atom. The van der Waals surface area contributed by atoms with Gasteiger partial charge in [-0.1, -0.05) is 30.3 Å². The number of benzene rings is 2. The molecule has 0 spiro atoms. The zero-order valence-corrected chi connectivity index (χ0v) is 14.8. The number of rotatable bonds is 3. The van der Waals surface area contributed by atoms with Gasteiger partial charge in [-0.15, -0.1) is 0 Å². The summed E-state index contributed by atoms with van der Waals surface area (Å²) < 4.78 is 11.5. The summed E-state index contributed by atoms with van der Waals surface area (Å²) in [6.07, 6.45) is 1.64. The molecule has 0 aliphatic carbocycles. The molecule has 0 N–H and O–H groups in total. The average Bonchev–Trinajstić information content (AvgIpc) is 2.62. The molecule has 0 aromatic heterocycles. The molecule has 2 atom stereocenters. The van der Waals surface area contributed by atoms with Crippen molar-refractivity contribution in [1.29, 1.82) is 0 Å². The Bertz CT molecular complexity index is 731. The van der Waals surface area contributed by atoms with Crippen molar-refractivity contribution in [2.24, 2.45) is 0 Å². The lowest BCUT2D eigenvalue weighted by atomic mass is 10.0. The van der Waals surface area contributed by atoms with Crippen LogP contribution in [0.2, 0.25) is 0 Å². The molecule has 0 bridgehead atoms. The third-order valence-corrected chi connectivity index (χ3v) is 5.40. The minimum absolute atomic E-state index is 0.0328. The van der Waals surface area contributed by atoms with Gasteiger partial charge in [0.25, 0.3) is 5.91 Å². The van der Waals surface area contributed by atoms with E-state index in [-0.39, 0.29) is 11.9 Å². The van der Waals surface area contributed by atoms with Gasteiger partial charge in [-0.25, -0.2) is 0 Å². The van der Waals surface area contributed by atoms with Crippen LogP contribution in [-0.2, 0) is 10.8 Å². The lowest BCUT2D eigenvalue weighted by molar-refractivity contribution is 0.0498. The second-order valence-corrected chi connectivity index (χ2v) is 7.55. The fourth-order valence-electron chi connectivity index (χ4n) is 3.08. The van der Waals surface area contributed by atoms with Crippen molar-refractivity contribution < 1.29 is 9.00 Å². The van der Waals surface area contributed by atoms with Crippen molar-refractivity contribution in [1.82, 2.24) is 9.80 Å². The van der Waals surface area contributed by atoms with E-state index < -0.39 is 10.8 Å². The van der Waals surface area contributed by atoms with E-state index in [1.807, 2.05) is 23.1 Å². The highest BCUT2D eigenvalue weighted by molar-refractivity contribution is 7.84. The van der Waals surface area contributed by atoms with E-state index in [2.05, 4.69) is 24.1 Å². The fourth-order valence-corrected chi connectivity index (χ4v) is 3.60. The van der Waals surface area contributed by atoms with Crippen molar-refractivity contribution in [2.45, 2.75) is 10.9 Å². The standard InChI is InChI=1S/C19H22N2O2S/c1-20-12-13-21(18(14-20)15-6-4-3-5-7-15)19(22)16-8-10-17(11-9-16)24(2)23/h3-11,18H,12-14H2,1-2H3. The number of piperazine rings is 1. The fraction of sp³-hybridized carbons (Fsp3) is 0.316. The van der Waals surface area contributed by atoms with E-state index in [4.69, 9.17) is 0 Å². The Morgan fingerprint density at radius 2 is 1.71 bits per heavy atom. The molecule has 1 fully saturated rings. The summed E-state index contributed by atoms with van der Waals surface area (Å²) in [5, 5.41) is 0. The van der Waals surface area contributed by atoms with E-state index in [9.17, 15) is 9.00 Å². The van der Waals surface area contributed by atoms with Crippen LogP contribution >= 0.6 is 0 Å². The van der Waals surface area contributed by atoms with Crippen molar-refractivity contribution >= 4 is 16.7 Å². The first kappa shape index (κ1) is 16.9. The van der Waals surface area contributed by atoms with Crippen molar-refractivity contribution in [2.75, 3.05) is 32.9 Å². The molecule has 126 valence electrons. The highest BCUT2D eigenvalue weighted by Crippen LogP contribution is 2.26. The third kappa shape index (κ3) is 3.57. The van der Waals surface area contributed by atoms with Gasteiger partial charge in [0.2, 0.25) is 0 Å². The molecule has 1 aliphatic rings. The molecule has 1 aliphatic heterocycles. The Balaban J connectivity index is 1.87. The maximum Gasteiger partial charge on any atom is 0.254 e. The summed E-state index contributed by atoms with van der Waals surface area (Å²) in [6, 6.07) is 17.3. The van der Waals surface area contributed by atoms with Gasteiger partial charge in [0, 0.05) is 47.1 Å². The number of amides is 1. The molecule has 24 heavy (non-hydrogen) atoms. The maximum atomic E-state index is 13.0. The first-order chi connectivity index (χ1) is 11.6. The van der Waals surface area contributed by atoms with Crippen molar-refractivity contribution in [3.05, 3.63) is 65.7 Å². The molecular formula is C19H22N2O2S. The van der Waals surface area contributed by atoms with Gasteiger partial charge in [0.1, 0.15) is 0 Å². The predicted molar refractivity (Wildman–Crippen MR) is 96.5 cm³/mol. The largest absolute Gasteiger partial charge is 0.329 e. The van der Waals surface area contributed by atoms with Gasteiger partial charge >= 0.3 is 0 Å². The van der Waals surface area contributed by atoms with Crippen LogP contribution in [0.15, 0.2) is 59.5 Å². The molecule has 2 unspecified atom stereocenters. The Kier molecular flexibility index (Phi) is 5.11. The number of hydrogen-bond acceptors (Lipinski definition) is 3. The van der Waals surface area contributed by atoms with Gasteiger partial charge in [0.05, 0.1) is 6.04 Å². The van der Waals surface area contributed by atoms with Gasteiger partial charge < -0.3 is 9.80 Å². The molecule has 3 rings (SSSR count). The average molecular weight is 342 g/mol. The number of hydrogen-bond donors (Lipinski definition) is 0. The summed E-state index contributed by atoms with van der Waals surface area (Å²) in [7, 11) is 1.06. The lowest BCUT2D eigenvalue weighted by Gasteiger charge is -2.40. The van der Waals surface area contributed by atoms with E-state index in [1.54, 1.807) is 30.5 Å². The highest BCUT2D eigenvalue weighted by atomic mass is 32.2. The van der Waals surface area contributed by atoms with Crippen LogP contribution in [0.5, 0.6) is 0 Å². The normalized spacial score (nSPS) is 19.9. The summed E-state index contributed by atoms with van der Waals surface area (Å²) in [5.74, 6) is 0.0328. The lowest BCUT2D eigenvalue weighted by Crippen LogP contribution is -2.49. The van der Waals surface area contributed by atoms with Crippen LogP contribution < -0.4 is 0 Å². The van der Waals surface area contributed by atoms with Crippen LogP contribution in [0, 0.1) is 0 Å². The third-order valence-electron chi connectivity index (χ3n) is 4.46. The van der Waals surface area contributed by atoms with Crippen LogP contribution in [0.3, 0.4) is 0 Å².